The van der Waals surface area contributed by atoms with E-state index in [4.69, 9.17) is 5.11 Å². The second-order valence-electron chi connectivity index (χ2n) is 6.60. The molecule has 0 aromatic heterocycles. The first-order chi connectivity index (χ1) is 6.90. The zero-order chi connectivity index (χ0) is 11.3. The van der Waals surface area contributed by atoms with Crippen molar-refractivity contribution in [1.29, 1.82) is 0 Å². The van der Waals surface area contributed by atoms with Crippen LogP contribution in [0.5, 0.6) is 0 Å². The highest BCUT2D eigenvalue weighted by atomic mass is 16.3. The molecule has 4 unspecified atom stereocenters. The van der Waals surface area contributed by atoms with Crippen molar-refractivity contribution in [1.82, 2.24) is 5.32 Å². The number of hydrogen-bond acceptors (Lipinski definition) is 2. The molecule has 0 spiro atoms. The molecule has 2 bridgehead atoms. The van der Waals surface area contributed by atoms with Crippen LogP contribution in [0.1, 0.15) is 47.0 Å². The van der Waals surface area contributed by atoms with Crippen LogP contribution in [-0.2, 0) is 0 Å². The van der Waals surface area contributed by atoms with Gasteiger partial charge in [0.1, 0.15) is 0 Å². The molecule has 2 aliphatic carbocycles. The van der Waals surface area contributed by atoms with Crippen molar-refractivity contribution >= 4 is 0 Å². The van der Waals surface area contributed by atoms with E-state index in [0.29, 0.717) is 16.9 Å². The molecule has 0 aliphatic heterocycles. The monoisotopic (exact) mass is 211 g/mol. The minimum atomic E-state index is 0.227. The Balaban J connectivity index is 2.15. The molecule has 2 nitrogen and oxygen atoms in total. The van der Waals surface area contributed by atoms with Crippen molar-refractivity contribution in [3.8, 4) is 0 Å². The Morgan fingerprint density at radius 2 is 2.07 bits per heavy atom. The van der Waals surface area contributed by atoms with Crippen molar-refractivity contribution in [2.24, 2.45) is 16.7 Å². The first-order valence-corrected chi connectivity index (χ1v) is 6.27. The van der Waals surface area contributed by atoms with Crippen LogP contribution < -0.4 is 5.32 Å². The van der Waals surface area contributed by atoms with E-state index < -0.39 is 0 Å². The van der Waals surface area contributed by atoms with Crippen molar-refractivity contribution in [3.05, 3.63) is 0 Å². The molecule has 2 N–H and O–H groups in total. The summed E-state index contributed by atoms with van der Waals surface area (Å²) < 4.78 is 0. The minimum absolute atomic E-state index is 0.227. The van der Waals surface area contributed by atoms with Gasteiger partial charge in [-0.05, 0) is 42.9 Å². The summed E-state index contributed by atoms with van der Waals surface area (Å²) in [5.41, 5.74) is 0.869. The number of hydrogen-bond donors (Lipinski definition) is 2. The Bertz CT molecular complexity index is 246. The van der Waals surface area contributed by atoms with Gasteiger partial charge in [-0.1, -0.05) is 20.8 Å². The molecule has 4 atom stereocenters. The van der Waals surface area contributed by atoms with Gasteiger partial charge in [0.2, 0.25) is 0 Å². The van der Waals surface area contributed by atoms with E-state index in [1.54, 1.807) is 0 Å². The Hall–Kier alpha value is -0.0800. The van der Waals surface area contributed by atoms with Gasteiger partial charge in [0.25, 0.3) is 0 Å². The second kappa shape index (κ2) is 3.46. The third-order valence-electron chi connectivity index (χ3n) is 4.99. The minimum Gasteiger partial charge on any atom is -0.395 e. The van der Waals surface area contributed by atoms with E-state index in [-0.39, 0.29) is 12.6 Å². The zero-order valence-corrected chi connectivity index (χ0v) is 10.5. The van der Waals surface area contributed by atoms with Gasteiger partial charge in [-0.15, -0.1) is 0 Å². The molecule has 2 rings (SSSR count). The standard InChI is InChI=1S/C13H25NO/c1-9(8-15)14-11-12(2,3)10-5-6-13(11,4)7-10/h9-11,14-15H,5-8H2,1-4H3. The van der Waals surface area contributed by atoms with E-state index in [0.717, 1.165) is 5.92 Å². The SMILES string of the molecule is CC(CO)NC1C2(C)CCC(C2)C1(C)C. The van der Waals surface area contributed by atoms with Crippen LogP contribution in [0.4, 0.5) is 0 Å². The Kier molecular flexibility index (Phi) is 2.63. The summed E-state index contributed by atoms with van der Waals surface area (Å²) in [4.78, 5) is 0. The maximum Gasteiger partial charge on any atom is 0.0582 e. The van der Waals surface area contributed by atoms with Gasteiger partial charge in [-0.25, -0.2) is 0 Å². The quantitative estimate of drug-likeness (QED) is 0.750. The molecule has 0 aromatic carbocycles. The Labute approximate surface area is 93.5 Å². The van der Waals surface area contributed by atoms with Crippen molar-refractivity contribution in [2.75, 3.05) is 6.61 Å². The molecule has 2 fully saturated rings. The fourth-order valence-electron chi connectivity index (χ4n) is 4.06. The van der Waals surface area contributed by atoms with Crippen molar-refractivity contribution in [3.63, 3.8) is 0 Å². The fraction of sp³-hybridized carbons (Fsp3) is 1.00. The van der Waals surface area contributed by atoms with Gasteiger partial charge in [-0.3, -0.25) is 0 Å². The van der Waals surface area contributed by atoms with E-state index in [1.165, 1.54) is 19.3 Å². The molecule has 0 radical (unpaired) electrons. The number of rotatable bonds is 3. The predicted molar refractivity (Wildman–Crippen MR) is 62.7 cm³/mol. The van der Waals surface area contributed by atoms with Gasteiger partial charge in [-0.2, -0.15) is 0 Å². The fourth-order valence-corrected chi connectivity index (χ4v) is 4.06. The maximum absolute atomic E-state index is 9.16. The summed E-state index contributed by atoms with van der Waals surface area (Å²) in [6.07, 6.45) is 4.13. The molecular weight excluding hydrogens is 186 g/mol. The van der Waals surface area contributed by atoms with Crippen LogP contribution in [0.25, 0.3) is 0 Å². The summed E-state index contributed by atoms with van der Waals surface area (Å²) in [5, 5.41) is 12.8. The molecule has 0 amide bonds. The highest BCUT2D eigenvalue weighted by Gasteiger charge is 2.59. The van der Waals surface area contributed by atoms with Gasteiger partial charge in [0, 0.05) is 12.1 Å². The van der Waals surface area contributed by atoms with E-state index in [1.807, 2.05) is 0 Å². The molecule has 2 saturated carbocycles. The third kappa shape index (κ3) is 1.62. The number of aliphatic hydroxyl groups is 1. The molecule has 2 aliphatic rings. The van der Waals surface area contributed by atoms with Crippen LogP contribution in [0, 0.1) is 16.7 Å². The molecule has 2 heteroatoms. The smallest absolute Gasteiger partial charge is 0.0582 e. The molecule has 15 heavy (non-hydrogen) atoms. The highest BCUT2D eigenvalue weighted by Crippen LogP contribution is 2.62. The molecule has 88 valence electrons. The summed E-state index contributed by atoms with van der Waals surface area (Å²) in [5.74, 6) is 0.880. The lowest BCUT2D eigenvalue weighted by atomic mass is 9.68. The largest absolute Gasteiger partial charge is 0.395 e. The molecule has 0 heterocycles. The van der Waals surface area contributed by atoms with Crippen molar-refractivity contribution in [2.45, 2.75) is 59.0 Å². The van der Waals surface area contributed by atoms with Crippen LogP contribution in [0.15, 0.2) is 0 Å². The average Bonchev–Trinajstić information content (AvgIpc) is 2.63. The van der Waals surface area contributed by atoms with Crippen LogP contribution in [-0.4, -0.2) is 23.8 Å². The van der Waals surface area contributed by atoms with Crippen LogP contribution in [0.3, 0.4) is 0 Å². The van der Waals surface area contributed by atoms with E-state index >= 15 is 0 Å². The zero-order valence-electron chi connectivity index (χ0n) is 10.5. The average molecular weight is 211 g/mol. The summed E-state index contributed by atoms with van der Waals surface area (Å²) in [6, 6.07) is 0.802. The molecule has 0 aromatic rings. The van der Waals surface area contributed by atoms with Crippen molar-refractivity contribution < 1.29 is 5.11 Å². The van der Waals surface area contributed by atoms with Crippen LogP contribution >= 0.6 is 0 Å². The van der Waals surface area contributed by atoms with Gasteiger partial charge in [0.15, 0.2) is 0 Å². The lowest BCUT2D eigenvalue weighted by Crippen LogP contribution is -2.53. The van der Waals surface area contributed by atoms with E-state index in [2.05, 4.69) is 33.0 Å². The number of aliphatic hydroxyl groups excluding tert-OH is 1. The first-order valence-electron chi connectivity index (χ1n) is 6.27. The molecular formula is C13H25NO. The third-order valence-corrected chi connectivity index (χ3v) is 4.99. The maximum atomic E-state index is 9.16. The topological polar surface area (TPSA) is 32.3 Å². The number of fused-ring (bicyclic) bond motifs is 2. The predicted octanol–water partition coefficient (Wildman–Crippen LogP) is 2.17. The Morgan fingerprint density at radius 3 is 2.53 bits per heavy atom. The number of nitrogens with one attached hydrogen (secondary N) is 1. The molecule has 0 saturated heterocycles. The Morgan fingerprint density at radius 1 is 1.40 bits per heavy atom. The van der Waals surface area contributed by atoms with Gasteiger partial charge >= 0.3 is 0 Å². The van der Waals surface area contributed by atoms with E-state index in [9.17, 15) is 0 Å². The lowest BCUT2D eigenvalue weighted by molar-refractivity contribution is 0.0899. The van der Waals surface area contributed by atoms with Gasteiger partial charge < -0.3 is 10.4 Å². The lowest BCUT2D eigenvalue weighted by Gasteiger charge is -2.44. The van der Waals surface area contributed by atoms with Crippen LogP contribution in [0.2, 0.25) is 0 Å². The summed E-state index contributed by atoms with van der Waals surface area (Å²) in [6.45, 7) is 9.52. The normalized spacial score (nSPS) is 44.6. The highest BCUT2D eigenvalue weighted by molar-refractivity contribution is 5.12. The van der Waals surface area contributed by atoms with Gasteiger partial charge in [0.05, 0.1) is 6.61 Å². The first kappa shape index (κ1) is 11.4. The summed E-state index contributed by atoms with van der Waals surface area (Å²) in [7, 11) is 0. The summed E-state index contributed by atoms with van der Waals surface area (Å²) >= 11 is 0. The second-order valence-corrected chi connectivity index (χ2v) is 6.60.